The molecule has 6 heteroatoms. The third-order valence-electron chi connectivity index (χ3n) is 3.43. The van der Waals surface area contributed by atoms with E-state index in [1.165, 1.54) is 0 Å². The monoisotopic (exact) mass is 304 g/mol. The second-order valence-corrected chi connectivity index (χ2v) is 4.90. The summed E-state index contributed by atoms with van der Waals surface area (Å²) in [5.74, 6) is 0.739. The van der Waals surface area contributed by atoms with Gasteiger partial charge in [0.15, 0.2) is 0 Å². The van der Waals surface area contributed by atoms with Crippen LogP contribution in [0.25, 0.3) is 6.08 Å². The summed E-state index contributed by atoms with van der Waals surface area (Å²) in [6, 6.07) is 7.53. The van der Waals surface area contributed by atoms with Crippen LogP contribution in [0.2, 0.25) is 0 Å². The second kappa shape index (κ2) is 8.31. The van der Waals surface area contributed by atoms with Gasteiger partial charge in [0.2, 0.25) is 0 Å². The molecule has 0 N–H and O–H groups in total. The fraction of sp³-hybridized carbons (Fsp3) is 0.375. The number of methoxy groups -OCH3 is 1. The molecule has 1 aliphatic rings. The Bertz CT molecular complexity index is 563. The zero-order valence-electron chi connectivity index (χ0n) is 12.6. The number of ether oxygens (including phenoxy) is 2. The van der Waals surface area contributed by atoms with Crippen molar-refractivity contribution in [3.05, 3.63) is 57.8 Å². The van der Waals surface area contributed by atoms with Gasteiger partial charge in [-0.15, -0.1) is 0 Å². The summed E-state index contributed by atoms with van der Waals surface area (Å²) in [5, 5.41) is 11.2. The van der Waals surface area contributed by atoms with E-state index in [4.69, 9.17) is 9.47 Å². The van der Waals surface area contributed by atoms with Crippen molar-refractivity contribution >= 4 is 6.08 Å². The molecule has 1 aromatic carbocycles. The van der Waals surface area contributed by atoms with E-state index in [1.54, 1.807) is 19.3 Å². The number of para-hydroxylation sites is 1. The summed E-state index contributed by atoms with van der Waals surface area (Å²) >= 11 is 0. The lowest BCUT2D eigenvalue weighted by atomic mass is 10.2. The van der Waals surface area contributed by atoms with Crippen LogP contribution < -0.4 is 4.74 Å². The third kappa shape index (κ3) is 4.68. The summed E-state index contributed by atoms with van der Waals surface area (Å²) in [5.41, 5.74) is 1.06. The molecule has 6 nitrogen and oxygen atoms in total. The molecule has 0 bridgehead atoms. The van der Waals surface area contributed by atoms with Gasteiger partial charge in [-0.2, -0.15) is 0 Å². The quantitative estimate of drug-likeness (QED) is 0.458. The Morgan fingerprint density at radius 2 is 2.14 bits per heavy atom. The topological polar surface area (TPSA) is 64.8 Å². The fourth-order valence-corrected chi connectivity index (χ4v) is 2.23. The molecule has 0 spiro atoms. The van der Waals surface area contributed by atoms with Gasteiger partial charge in [0.1, 0.15) is 5.75 Å². The summed E-state index contributed by atoms with van der Waals surface area (Å²) in [7, 11) is 1.60. The van der Waals surface area contributed by atoms with Crippen LogP contribution in [0, 0.1) is 10.1 Å². The maximum absolute atomic E-state index is 11.2. The SMILES string of the molecule is COc1ccccc1/C=C/C=C(/CN1CCOCC1)[N+](=O)[O-]. The number of hydrogen-bond donors (Lipinski definition) is 0. The zero-order valence-corrected chi connectivity index (χ0v) is 12.6. The molecular formula is C16H20N2O4. The van der Waals surface area contributed by atoms with E-state index in [9.17, 15) is 10.1 Å². The lowest BCUT2D eigenvalue weighted by Crippen LogP contribution is -2.38. The minimum atomic E-state index is -0.331. The van der Waals surface area contributed by atoms with Gasteiger partial charge in [-0.05, 0) is 6.07 Å². The lowest BCUT2D eigenvalue weighted by molar-refractivity contribution is -0.428. The standard InChI is InChI=1S/C16H20N2O4/c1-21-16-8-3-2-5-14(16)6-4-7-15(18(19)20)13-17-9-11-22-12-10-17/h2-8H,9-13H2,1H3/b6-4+,15-7-. The van der Waals surface area contributed by atoms with Gasteiger partial charge in [-0.1, -0.05) is 30.4 Å². The van der Waals surface area contributed by atoms with Crippen molar-refractivity contribution in [2.24, 2.45) is 0 Å². The lowest BCUT2D eigenvalue weighted by Gasteiger charge is -2.25. The first kappa shape index (κ1) is 16.2. The second-order valence-electron chi connectivity index (χ2n) is 4.90. The third-order valence-corrected chi connectivity index (χ3v) is 3.43. The van der Waals surface area contributed by atoms with Crippen LogP contribution >= 0.6 is 0 Å². The highest BCUT2D eigenvalue weighted by Crippen LogP contribution is 2.18. The van der Waals surface area contributed by atoms with Crippen LogP contribution in [-0.2, 0) is 4.74 Å². The molecule has 22 heavy (non-hydrogen) atoms. The molecule has 0 radical (unpaired) electrons. The van der Waals surface area contributed by atoms with E-state index in [2.05, 4.69) is 0 Å². The van der Waals surface area contributed by atoms with Crippen molar-refractivity contribution in [2.45, 2.75) is 0 Å². The molecule has 0 aliphatic carbocycles. The van der Waals surface area contributed by atoms with Crippen LogP contribution in [0.1, 0.15) is 5.56 Å². The van der Waals surface area contributed by atoms with Gasteiger partial charge >= 0.3 is 0 Å². The number of morpholine rings is 1. The van der Waals surface area contributed by atoms with Gasteiger partial charge in [-0.3, -0.25) is 15.0 Å². The van der Waals surface area contributed by atoms with Crippen molar-refractivity contribution in [3.8, 4) is 5.75 Å². The molecule has 0 saturated carbocycles. The first-order chi connectivity index (χ1) is 10.7. The van der Waals surface area contributed by atoms with Crippen LogP contribution in [0.5, 0.6) is 5.75 Å². The number of rotatable bonds is 6. The molecule has 1 aliphatic heterocycles. The van der Waals surface area contributed by atoms with Crippen molar-refractivity contribution in [1.29, 1.82) is 0 Å². The number of hydrogen-bond acceptors (Lipinski definition) is 5. The number of allylic oxidation sites excluding steroid dienone is 2. The van der Waals surface area contributed by atoms with Gasteiger partial charge in [0.25, 0.3) is 5.70 Å². The smallest absolute Gasteiger partial charge is 0.260 e. The number of nitro groups is 1. The molecule has 0 aromatic heterocycles. The number of nitrogens with zero attached hydrogens (tertiary/aromatic N) is 2. The predicted octanol–water partition coefficient (Wildman–Crippen LogP) is 2.20. The summed E-state index contributed by atoms with van der Waals surface area (Å²) < 4.78 is 10.5. The summed E-state index contributed by atoms with van der Waals surface area (Å²) in [6.07, 6.45) is 5.04. The minimum Gasteiger partial charge on any atom is -0.496 e. The van der Waals surface area contributed by atoms with E-state index in [1.807, 2.05) is 35.2 Å². The summed E-state index contributed by atoms with van der Waals surface area (Å²) in [4.78, 5) is 12.9. The Morgan fingerprint density at radius 1 is 1.41 bits per heavy atom. The Morgan fingerprint density at radius 3 is 2.82 bits per heavy atom. The summed E-state index contributed by atoms with van der Waals surface area (Å²) in [6.45, 7) is 3.03. The van der Waals surface area contributed by atoms with Crippen LogP contribution in [-0.4, -0.2) is 49.8 Å². The van der Waals surface area contributed by atoms with Crippen LogP contribution in [0.15, 0.2) is 42.1 Å². The van der Waals surface area contributed by atoms with Crippen molar-refractivity contribution < 1.29 is 14.4 Å². The Kier molecular flexibility index (Phi) is 6.12. The first-order valence-electron chi connectivity index (χ1n) is 7.15. The fourth-order valence-electron chi connectivity index (χ4n) is 2.23. The highest BCUT2D eigenvalue weighted by atomic mass is 16.6. The van der Waals surface area contributed by atoms with E-state index in [0.29, 0.717) is 19.8 Å². The Balaban J connectivity index is 2.06. The molecule has 0 amide bonds. The maximum atomic E-state index is 11.2. The van der Waals surface area contributed by atoms with E-state index >= 15 is 0 Å². The highest BCUT2D eigenvalue weighted by molar-refractivity contribution is 5.58. The molecule has 0 unspecified atom stereocenters. The van der Waals surface area contributed by atoms with E-state index in [-0.39, 0.29) is 10.6 Å². The largest absolute Gasteiger partial charge is 0.496 e. The zero-order chi connectivity index (χ0) is 15.8. The predicted molar refractivity (Wildman–Crippen MR) is 84.4 cm³/mol. The minimum absolute atomic E-state index is 0.174. The van der Waals surface area contributed by atoms with Gasteiger partial charge < -0.3 is 9.47 Å². The molecule has 1 aromatic rings. The molecule has 1 heterocycles. The van der Waals surface area contributed by atoms with Gasteiger partial charge in [0, 0.05) is 24.7 Å². The van der Waals surface area contributed by atoms with E-state index < -0.39 is 0 Å². The molecule has 0 atom stereocenters. The van der Waals surface area contributed by atoms with E-state index in [0.717, 1.165) is 24.4 Å². The van der Waals surface area contributed by atoms with Crippen LogP contribution in [0.4, 0.5) is 0 Å². The van der Waals surface area contributed by atoms with Gasteiger partial charge in [0.05, 0.1) is 31.8 Å². The molecule has 1 saturated heterocycles. The van der Waals surface area contributed by atoms with Crippen LogP contribution in [0.3, 0.4) is 0 Å². The highest BCUT2D eigenvalue weighted by Gasteiger charge is 2.17. The maximum Gasteiger partial charge on any atom is 0.260 e. The normalized spacial score (nSPS) is 16.9. The molecule has 2 rings (SSSR count). The Labute approximate surface area is 129 Å². The molecule has 118 valence electrons. The van der Waals surface area contributed by atoms with Gasteiger partial charge in [-0.25, -0.2) is 0 Å². The Hall–Kier alpha value is -2.18. The number of benzene rings is 1. The van der Waals surface area contributed by atoms with Crippen molar-refractivity contribution in [2.75, 3.05) is 40.0 Å². The average molecular weight is 304 g/mol. The van der Waals surface area contributed by atoms with Crippen molar-refractivity contribution in [3.63, 3.8) is 0 Å². The molecular weight excluding hydrogens is 284 g/mol. The van der Waals surface area contributed by atoms with Crippen molar-refractivity contribution in [1.82, 2.24) is 4.90 Å². The average Bonchev–Trinajstić information content (AvgIpc) is 2.55. The molecule has 1 fully saturated rings. The first-order valence-corrected chi connectivity index (χ1v) is 7.15.